The van der Waals surface area contributed by atoms with E-state index < -0.39 is 0 Å². The van der Waals surface area contributed by atoms with Crippen molar-refractivity contribution in [1.82, 2.24) is 19.6 Å². The van der Waals surface area contributed by atoms with Gasteiger partial charge < -0.3 is 5.32 Å². The van der Waals surface area contributed by atoms with Crippen LogP contribution >= 0.6 is 11.3 Å². The molecule has 0 radical (unpaired) electrons. The number of hydrogen-bond acceptors (Lipinski definition) is 5. The lowest BCUT2D eigenvalue weighted by molar-refractivity contribution is 0.102. The van der Waals surface area contributed by atoms with E-state index in [1.807, 2.05) is 46.4 Å². The number of amides is 1. The number of aromatic amines is 1. The summed E-state index contributed by atoms with van der Waals surface area (Å²) in [6.07, 6.45) is 3.93. The van der Waals surface area contributed by atoms with Crippen LogP contribution in [0.3, 0.4) is 0 Å². The van der Waals surface area contributed by atoms with Crippen LogP contribution in [0.25, 0.3) is 27.0 Å². The summed E-state index contributed by atoms with van der Waals surface area (Å²) >= 11 is 1.58. The summed E-state index contributed by atoms with van der Waals surface area (Å²) in [7, 11) is 0. The van der Waals surface area contributed by atoms with E-state index in [-0.39, 0.29) is 17.2 Å². The molecule has 0 atom stereocenters. The molecule has 0 saturated carbocycles. The fourth-order valence-electron chi connectivity index (χ4n) is 3.07. The molecule has 0 fully saturated rings. The highest BCUT2D eigenvalue weighted by Crippen LogP contribution is 2.23. The van der Waals surface area contributed by atoms with Gasteiger partial charge in [-0.05, 0) is 18.2 Å². The lowest BCUT2D eigenvalue weighted by Crippen LogP contribution is -2.19. The minimum atomic E-state index is -0.386. The van der Waals surface area contributed by atoms with Crippen LogP contribution < -0.4 is 10.9 Å². The number of carbonyl (C=O) groups excluding carboxylic acids is 1. The Balaban J connectivity index is 1.42. The largest absolute Gasteiger partial charge is 0.321 e. The van der Waals surface area contributed by atoms with Gasteiger partial charge in [-0.2, -0.15) is 5.10 Å². The molecule has 2 N–H and O–H groups in total. The molecular weight excluding hydrogens is 374 g/mol. The minimum Gasteiger partial charge on any atom is -0.321 e. The molecular formula is C20H13N5O2S. The van der Waals surface area contributed by atoms with Crippen LogP contribution in [-0.2, 0) is 0 Å². The number of carbonyl (C=O) groups is 1. The lowest BCUT2D eigenvalue weighted by Gasteiger charge is -2.07. The average Bonchev–Trinajstić information content (AvgIpc) is 3.31. The van der Waals surface area contributed by atoms with Crippen LogP contribution in [0.2, 0.25) is 0 Å². The third kappa shape index (κ3) is 2.76. The number of imidazole rings is 1. The molecule has 2 aromatic carbocycles. The first-order chi connectivity index (χ1) is 13.7. The van der Waals surface area contributed by atoms with Crippen molar-refractivity contribution >= 4 is 38.7 Å². The minimum absolute atomic E-state index is 0.175. The number of fused-ring (bicyclic) bond motifs is 2. The van der Waals surface area contributed by atoms with Crippen LogP contribution in [0.5, 0.6) is 0 Å². The maximum atomic E-state index is 12.7. The summed E-state index contributed by atoms with van der Waals surface area (Å²) < 4.78 is 1.97. The van der Waals surface area contributed by atoms with Crippen molar-refractivity contribution in [3.63, 3.8) is 0 Å². The number of aromatic nitrogens is 4. The lowest BCUT2D eigenvalue weighted by atomic mass is 10.1. The van der Waals surface area contributed by atoms with E-state index in [4.69, 9.17) is 0 Å². The molecule has 3 aromatic heterocycles. The van der Waals surface area contributed by atoms with Crippen LogP contribution in [0.1, 0.15) is 10.5 Å². The van der Waals surface area contributed by atoms with E-state index in [9.17, 15) is 9.59 Å². The van der Waals surface area contributed by atoms with Crippen LogP contribution in [-0.4, -0.2) is 25.5 Å². The standard InChI is InChI=1S/C20H13N5O2S/c26-18-15-4-2-1-3-14(15)17(23-24-18)19(27)21-13-7-5-12(6-8-13)16-11-25-9-10-28-20(25)22-16/h1-11H,(H,21,27)(H,24,26). The second kappa shape index (κ2) is 6.43. The van der Waals surface area contributed by atoms with Gasteiger partial charge in [0.2, 0.25) is 0 Å². The summed E-state index contributed by atoms with van der Waals surface area (Å²) in [5.74, 6) is -0.386. The zero-order valence-electron chi connectivity index (χ0n) is 14.4. The highest BCUT2D eigenvalue weighted by atomic mass is 32.1. The molecule has 0 bridgehead atoms. The SMILES string of the molecule is O=C(Nc1ccc(-c2cn3ccsc3n2)cc1)c1n[nH]c(=O)c2ccccc12. The molecule has 0 saturated heterocycles. The molecule has 5 aromatic rings. The van der Waals surface area contributed by atoms with Crippen LogP contribution in [0.4, 0.5) is 5.69 Å². The monoisotopic (exact) mass is 387 g/mol. The Labute approximate surface area is 162 Å². The van der Waals surface area contributed by atoms with Gasteiger partial charge in [-0.15, -0.1) is 11.3 Å². The fraction of sp³-hybridized carbons (Fsp3) is 0. The zero-order valence-corrected chi connectivity index (χ0v) is 15.2. The van der Waals surface area contributed by atoms with Crippen molar-refractivity contribution in [2.75, 3.05) is 5.32 Å². The number of nitrogens with zero attached hydrogens (tertiary/aromatic N) is 3. The van der Waals surface area contributed by atoms with Crippen molar-refractivity contribution in [3.8, 4) is 11.3 Å². The van der Waals surface area contributed by atoms with E-state index in [0.717, 1.165) is 16.2 Å². The maximum absolute atomic E-state index is 12.7. The van der Waals surface area contributed by atoms with E-state index in [2.05, 4.69) is 20.5 Å². The Bertz CT molecular complexity index is 1350. The third-order valence-electron chi connectivity index (χ3n) is 4.44. The predicted molar refractivity (Wildman–Crippen MR) is 109 cm³/mol. The normalized spacial score (nSPS) is 11.1. The van der Waals surface area contributed by atoms with Gasteiger partial charge in [-0.1, -0.05) is 30.3 Å². The first-order valence-corrected chi connectivity index (χ1v) is 9.38. The Hall–Kier alpha value is -3.78. The summed E-state index contributed by atoms with van der Waals surface area (Å²) in [6, 6.07) is 14.3. The topological polar surface area (TPSA) is 92.2 Å². The predicted octanol–water partition coefficient (Wildman–Crippen LogP) is 3.55. The Morgan fingerprint density at radius 1 is 1.07 bits per heavy atom. The van der Waals surface area contributed by atoms with Gasteiger partial charge in [0.25, 0.3) is 11.5 Å². The third-order valence-corrected chi connectivity index (χ3v) is 5.21. The molecule has 0 aliphatic heterocycles. The summed E-state index contributed by atoms with van der Waals surface area (Å²) in [6.45, 7) is 0. The smallest absolute Gasteiger partial charge is 0.276 e. The molecule has 0 aliphatic rings. The van der Waals surface area contributed by atoms with Crippen molar-refractivity contribution in [3.05, 3.63) is 82.4 Å². The summed E-state index contributed by atoms with van der Waals surface area (Å²) in [4.78, 5) is 30.0. The van der Waals surface area contributed by atoms with Gasteiger partial charge in [-0.25, -0.2) is 10.1 Å². The number of benzene rings is 2. The van der Waals surface area contributed by atoms with E-state index in [1.165, 1.54) is 0 Å². The van der Waals surface area contributed by atoms with Gasteiger partial charge in [0.15, 0.2) is 10.7 Å². The zero-order chi connectivity index (χ0) is 19.1. The molecule has 3 heterocycles. The fourth-order valence-corrected chi connectivity index (χ4v) is 3.77. The van der Waals surface area contributed by atoms with Gasteiger partial charge in [0.1, 0.15) is 0 Å². The second-order valence-corrected chi connectivity index (χ2v) is 7.07. The Kier molecular flexibility index (Phi) is 3.77. The number of H-pyrrole nitrogens is 1. The first-order valence-electron chi connectivity index (χ1n) is 8.50. The van der Waals surface area contributed by atoms with Crippen molar-refractivity contribution in [2.45, 2.75) is 0 Å². The molecule has 0 spiro atoms. The van der Waals surface area contributed by atoms with Crippen molar-refractivity contribution < 1.29 is 4.79 Å². The van der Waals surface area contributed by atoms with Gasteiger partial charge in [0, 0.05) is 34.4 Å². The van der Waals surface area contributed by atoms with E-state index >= 15 is 0 Å². The highest BCUT2D eigenvalue weighted by molar-refractivity contribution is 7.15. The molecule has 28 heavy (non-hydrogen) atoms. The molecule has 0 unspecified atom stereocenters. The summed E-state index contributed by atoms with van der Waals surface area (Å²) in [5.41, 5.74) is 2.32. The second-order valence-electron chi connectivity index (χ2n) is 6.20. The number of nitrogens with one attached hydrogen (secondary N) is 2. The van der Waals surface area contributed by atoms with E-state index in [1.54, 1.807) is 35.6 Å². The van der Waals surface area contributed by atoms with Crippen LogP contribution in [0.15, 0.2) is 71.1 Å². The number of rotatable bonds is 3. The van der Waals surface area contributed by atoms with Crippen LogP contribution in [0, 0.1) is 0 Å². The van der Waals surface area contributed by atoms with Crippen molar-refractivity contribution in [2.24, 2.45) is 0 Å². The van der Waals surface area contributed by atoms with Gasteiger partial charge in [-0.3, -0.25) is 14.0 Å². The molecule has 136 valence electrons. The van der Waals surface area contributed by atoms with Gasteiger partial charge >= 0.3 is 0 Å². The molecule has 8 heteroatoms. The van der Waals surface area contributed by atoms with Gasteiger partial charge in [0.05, 0.1) is 11.1 Å². The summed E-state index contributed by atoms with van der Waals surface area (Å²) in [5, 5.41) is 12.0. The molecule has 1 amide bonds. The Morgan fingerprint density at radius 2 is 1.86 bits per heavy atom. The quantitative estimate of drug-likeness (QED) is 0.495. The molecule has 5 rings (SSSR count). The Morgan fingerprint density at radius 3 is 2.64 bits per heavy atom. The first kappa shape index (κ1) is 16.4. The highest BCUT2D eigenvalue weighted by Gasteiger charge is 2.14. The maximum Gasteiger partial charge on any atom is 0.276 e. The average molecular weight is 387 g/mol. The van der Waals surface area contributed by atoms with E-state index in [0.29, 0.717) is 16.5 Å². The molecule has 0 aliphatic carbocycles. The number of anilines is 1. The molecule has 7 nitrogen and oxygen atoms in total. The number of thiazole rings is 1. The van der Waals surface area contributed by atoms with Crippen molar-refractivity contribution in [1.29, 1.82) is 0 Å². The number of hydrogen-bond donors (Lipinski definition) is 2.